The summed E-state index contributed by atoms with van der Waals surface area (Å²) in [5.41, 5.74) is 7.74. The van der Waals surface area contributed by atoms with Crippen LogP contribution in [0.1, 0.15) is 51.0 Å². The van der Waals surface area contributed by atoms with Crippen molar-refractivity contribution >= 4 is 11.5 Å². The lowest BCUT2D eigenvalue weighted by molar-refractivity contribution is -0.118. The molecular weight excluding hydrogens is 198 g/mol. The van der Waals surface area contributed by atoms with E-state index in [0.29, 0.717) is 24.5 Å². The van der Waals surface area contributed by atoms with Gasteiger partial charge in [-0.25, -0.2) is 0 Å². The Balaban J connectivity index is 2.60. The van der Waals surface area contributed by atoms with E-state index in [-0.39, 0.29) is 0 Å². The molecule has 16 heavy (non-hydrogen) atoms. The van der Waals surface area contributed by atoms with E-state index in [4.69, 9.17) is 5.73 Å². The average molecular weight is 219 g/mol. The fourth-order valence-electron chi connectivity index (χ4n) is 1.89. The van der Waals surface area contributed by atoms with Crippen LogP contribution in [0, 0.1) is 0 Å². The van der Waals surface area contributed by atoms with E-state index in [1.54, 1.807) is 0 Å². The third-order valence-electron chi connectivity index (χ3n) is 3.07. The highest BCUT2D eigenvalue weighted by molar-refractivity contribution is 5.78. The van der Waals surface area contributed by atoms with E-state index < -0.39 is 0 Å². The van der Waals surface area contributed by atoms with Crippen LogP contribution in [0.15, 0.2) is 24.3 Å². The molecule has 0 radical (unpaired) electrons. The molecule has 0 heterocycles. The fraction of sp³-hybridized carbons (Fsp3) is 0.500. The maximum Gasteiger partial charge on any atom is 0.132 e. The molecule has 0 bridgehead atoms. The number of benzene rings is 1. The third-order valence-corrected chi connectivity index (χ3v) is 3.07. The Hall–Kier alpha value is -1.31. The van der Waals surface area contributed by atoms with Crippen LogP contribution >= 0.6 is 0 Å². The first-order valence-electron chi connectivity index (χ1n) is 6.04. The Kier molecular flexibility index (Phi) is 5.03. The maximum absolute atomic E-state index is 11.3. The number of ketones is 1. The summed E-state index contributed by atoms with van der Waals surface area (Å²) < 4.78 is 0. The molecule has 2 N–H and O–H groups in total. The number of nitrogens with two attached hydrogens (primary N) is 1. The van der Waals surface area contributed by atoms with Crippen molar-refractivity contribution < 1.29 is 4.79 Å². The fourth-order valence-corrected chi connectivity index (χ4v) is 1.89. The lowest BCUT2D eigenvalue weighted by Crippen LogP contribution is -2.02. The van der Waals surface area contributed by atoms with Crippen molar-refractivity contribution in [3.05, 3.63) is 29.8 Å². The molecule has 1 unspecified atom stereocenters. The van der Waals surface area contributed by atoms with Crippen molar-refractivity contribution in [3.63, 3.8) is 0 Å². The van der Waals surface area contributed by atoms with Gasteiger partial charge in [-0.05, 0) is 36.5 Å². The highest BCUT2D eigenvalue weighted by Crippen LogP contribution is 2.25. The number of hydrogen-bond acceptors (Lipinski definition) is 2. The van der Waals surface area contributed by atoms with E-state index in [2.05, 4.69) is 19.1 Å². The van der Waals surface area contributed by atoms with E-state index in [9.17, 15) is 4.79 Å². The normalized spacial score (nSPS) is 12.4. The minimum absolute atomic E-state index is 0.355. The van der Waals surface area contributed by atoms with Gasteiger partial charge in [-0.3, -0.25) is 4.79 Å². The summed E-state index contributed by atoms with van der Waals surface area (Å²) in [4.78, 5) is 11.3. The van der Waals surface area contributed by atoms with Gasteiger partial charge in [0.25, 0.3) is 0 Å². The summed E-state index contributed by atoms with van der Waals surface area (Å²) in [6.07, 6.45) is 3.37. The van der Waals surface area contributed by atoms with Crippen LogP contribution < -0.4 is 5.73 Å². The topological polar surface area (TPSA) is 43.1 Å². The maximum atomic E-state index is 11.3. The van der Waals surface area contributed by atoms with Crippen LogP contribution in [0.25, 0.3) is 0 Å². The Bertz CT molecular complexity index is 329. The first-order valence-corrected chi connectivity index (χ1v) is 6.04. The third kappa shape index (κ3) is 3.69. The van der Waals surface area contributed by atoms with Gasteiger partial charge in [0, 0.05) is 18.5 Å². The first kappa shape index (κ1) is 12.8. The second kappa shape index (κ2) is 6.31. The minimum atomic E-state index is 0.355. The van der Waals surface area contributed by atoms with Gasteiger partial charge in [0.2, 0.25) is 0 Å². The molecule has 1 aromatic carbocycles. The first-order chi connectivity index (χ1) is 7.67. The van der Waals surface area contributed by atoms with Gasteiger partial charge in [0.1, 0.15) is 5.78 Å². The van der Waals surface area contributed by atoms with Gasteiger partial charge < -0.3 is 5.73 Å². The van der Waals surface area contributed by atoms with Gasteiger partial charge in [-0.15, -0.1) is 0 Å². The predicted molar refractivity (Wildman–Crippen MR) is 68.4 cm³/mol. The monoisotopic (exact) mass is 219 g/mol. The van der Waals surface area contributed by atoms with Crippen molar-refractivity contribution in [2.75, 3.05) is 5.73 Å². The molecule has 0 aliphatic heterocycles. The summed E-state index contributed by atoms with van der Waals surface area (Å²) in [5, 5.41) is 0. The van der Waals surface area contributed by atoms with Crippen LogP contribution in [-0.4, -0.2) is 5.78 Å². The van der Waals surface area contributed by atoms with E-state index in [1.807, 2.05) is 19.1 Å². The largest absolute Gasteiger partial charge is 0.399 e. The number of nitrogen functional groups attached to an aromatic ring is 1. The molecule has 2 nitrogen and oxygen atoms in total. The van der Waals surface area contributed by atoms with E-state index in [0.717, 1.165) is 18.5 Å². The zero-order valence-corrected chi connectivity index (χ0v) is 10.2. The van der Waals surface area contributed by atoms with Crippen LogP contribution in [0.2, 0.25) is 0 Å². The molecule has 0 aromatic heterocycles. The SMILES string of the molecule is CCC(=O)CCC(CC)c1ccc(N)cc1. The lowest BCUT2D eigenvalue weighted by Gasteiger charge is -2.14. The lowest BCUT2D eigenvalue weighted by atomic mass is 9.91. The molecule has 0 saturated heterocycles. The van der Waals surface area contributed by atoms with Crippen LogP contribution in [0.5, 0.6) is 0 Å². The average Bonchev–Trinajstić information content (AvgIpc) is 2.31. The molecule has 0 amide bonds. The Morgan fingerprint density at radius 3 is 2.38 bits per heavy atom. The van der Waals surface area contributed by atoms with Crippen LogP contribution in [0.3, 0.4) is 0 Å². The number of Topliss-reactive ketones (excluding diaryl/α,β-unsaturated/α-hetero) is 1. The van der Waals surface area contributed by atoms with Crippen LogP contribution in [0.4, 0.5) is 5.69 Å². The molecule has 1 aromatic rings. The van der Waals surface area contributed by atoms with Gasteiger partial charge in [0.15, 0.2) is 0 Å². The van der Waals surface area contributed by atoms with Gasteiger partial charge in [-0.1, -0.05) is 26.0 Å². The molecule has 88 valence electrons. The zero-order valence-electron chi connectivity index (χ0n) is 10.2. The van der Waals surface area contributed by atoms with E-state index >= 15 is 0 Å². The molecule has 0 aliphatic rings. The summed E-state index contributed by atoms with van der Waals surface area (Å²) in [5.74, 6) is 0.838. The molecule has 0 fully saturated rings. The number of carbonyl (C=O) groups is 1. The number of carbonyl (C=O) groups excluding carboxylic acids is 1. The van der Waals surface area contributed by atoms with Gasteiger partial charge >= 0.3 is 0 Å². The zero-order chi connectivity index (χ0) is 12.0. The highest BCUT2D eigenvalue weighted by Gasteiger charge is 2.10. The predicted octanol–water partition coefficient (Wildman–Crippen LogP) is 3.52. The van der Waals surface area contributed by atoms with Gasteiger partial charge in [0.05, 0.1) is 0 Å². The quantitative estimate of drug-likeness (QED) is 0.744. The molecule has 0 aliphatic carbocycles. The Labute approximate surface area is 97.9 Å². The summed E-state index contributed by atoms with van der Waals surface area (Å²) in [6, 6.07) is 8.00. The standard InChI is InChI=1S/C14H21NO/c1-3-11(7-10-14(16)4-2)12-5-8-13(15)9-6-12/h5-6,8-9,11H,3-4,7,10,15H2,1-2H3. The number of rotatable bonds is 6. The smallest absolute Gasteiger partial charge is 0.132 e. The van der Waals surface area contributed by atoms with Crippen molar-refractivity contribution in [1.82, 2.24) is 0 Å². The summed E-state index contributed by atoms with van der Waals surface area (Å²) in [6.45, 7) is 4.09. The molecule has 0 saturated carbocycles. The van der Waals surface area contributed by atoms with Crippen molar-refractivity contribution in [3.8, 4) is 0 Å². The minimum Gasteiger partial charge on any atom is -0.399 e. The van der Waals surface area contributed by atoms with Crippen molar-refractivity contribution in [2.45, 2.75) is 45.4 Å². The molecule has 2 heteroatoms. The second-order valence-electron chi connectivity index (χ2n) is 4.20. The molecular formula is C14H21NO. The molecule has 0 spiro atoms. The molecule has 1 rings (SSSR count). The Morgan fingerprint density at radius 1 is 1.25 bits per heavy atom. The highest BCUT2D eigenvalue weighted by atomic mass is 16.1. The molecule has 1 atom stereocenters. The van der Waals surface area contributed by atoms with E-state index in [1.165, 1.54) is 5.56 Å². The summed E-state index contributed by atoms with van der Waals surface area (Å²) >= 11 is 0. The van der Waals surface area contributed by atoms with Crippen LogP contribution in [-0.2, 0) is 4.79 Å². The van der Waals surface area contributed by atoms with Gasteiger partial charge in [-0.2, -0.15) is 0 Å². The number of hydrogen-bond donors (Lipinski definition) is 1. The number of anilines is 1. The Morgan fingerprint density at radius 2 is 1.88 bits per heavy atom. The van der Waals surface area contributed by atoms with Crippen molar-refractivity contribution in [2.24, 2.45) is 0 Å². The second-order valence-corrected chi connectivity index (χ2v) is 4.20. The van der Waals surface area contributed by atoms with Crippen molar-refractivity contribution in [1.29, 1.82) is 0 Å². The summed E-state index contributed by atoms with van der Waals surface area (Å²) in [7, 11) is 0.